The molecule has 0 aliphatic carbocycles. The minimum Gasteiger partial charge on any atom is -0.357 e. The highest BCUT2D eigenvalue weighted by atomic mass is 32.2. The van der Waals surface area contributed by atoms with Gasteiger partial charge in [0.05, 0.1) is 4.92 Å². The Kier molecular flexibility index (Phi) is 5.81. The number of hydrogen-bond acceptors (Lipinski definition) is 7. The van der Waals surface area contributed by atoms with Crippen LogP contribution in [0.1, 0.15) is 13.3 Å². The van der Waals surface area contributed by atoms with Crippen LogP contribution in [0.4, 0.5) is 17.5 Å². The monoisotopic (exact) mass is 285 g/mol. The molecule has 19 heavy (non-hydrogen) atoms. The van der Waals surface area contributed by atoms with Gasteiger partial charge in [0.25, 0.3) is 0 Å². The molecule has 1 unspecified atom stereocenters. The SMILES string of the molecule is CCC(CSC)N(C)c1nc(NC)ncc1[N+](=O)[O-]. The highest BCUT2D eigenvalue weighted by Crippen LogP contribution is 2.27. The molecule has 0 radical (unpaired) electrons. The molecule has 0 saturated carbocycles. The number of nitro groups is 1. The summed E-state index contributed by atoms with van der Waals surface area (Å²) in [6.45, 7) is 2.06. The Labute approximate surface area is 117 Å². The van der Waals surface area contributed by atoms with E-state index in [0.29, 0.717) is 11.8 Å². The molecule has 1 aromatic heterocycles. The lowest BCUT2D eigenvalue weighted by molar-refractivity contribution is -0.384. The molecular formula is C11H19N5O2S. The van der Waals surface area contributed by atoms with Crippen LogP contribution in [-0.2, 0) is 0 Å². The van der Waals surface area contributed by atoms with E-state index in [1.165, 1.54) is 6.20 Å². The average molecular weight is 285 g/mol. The van der Waals surface area contributed by atoms with Gasteiger partial charge in [-0.1, -0.05) is 6.92 Å². The van der Waals surface area contributed by atoms with Crippen LogP contribution in [0.25, 0.3) is 0 Å². The summed E-state index contributed by atoms with van der Waals surface area (Å²) in [5.41, 5.74) is -0.0685. The number of anilines is 2. The summed E-state index contributed by atoms with van der Waals surface area (Å²) in [7, 11) is 3.52. The Hall–Kier alpha value is -1.57. The van der Waals surface area contributed by atoms with Crippen molar-refractivity contribution in [3.63, 3.8) is 0 Å². The van der Waals surface area contributed by atoms with E-state index in [4.69, 9.17) is 0 Å². The van der Waals surface area contributed by atoms with Crippen LogP contribution in [0.2, 0.25) is 0 Å². The van der Waals surface area contributed by atoms with Crippen molar-refractivity contribution in [2.45, 2.75) is 19.4 Å². The van der Waals surface area contributed by atoms with Gasteiger partial charge < -0.3 is 10.2 Å². The number of aromatic nitrogens is 2. The minimum atomic E-state index is -0.447. The first-order valence-corrected chi connectivity index (χ1v) is 7.35. The van der Waals surface area contributed by atoms with Crippen LogP contribution >= 0.6 is 11.8 Å². The maximum Gasteiger partial charge on any atom is 0.329 e. The Morgan fingerprint density at radius 3 is 2.79 bits per heavy atom. The maximum absolute atomic E-state index is 11.1. The maximum atomic E-state index is 11.1. The van der Waals surface area contributed by atoms with E-state index < -0.39 is 4.92 Å². The van der Waals surface area contributed by atoms with Crippen molar-refractivity contribution < 1.29 is 4.92 Å². The van der Waals surface area contributed by atoms with Gasteiger partial charge in [-0.05, 0) is 12.7 Å². The minimum absolute atomic E-state index is 0.0685. The summed E-state index contributed by atoms with van der Waals surface area (Å²) in [4.78, 5) is 20.6. The van der Waals surface area contributed by atoms with Crippen LogP contribution in [0.5, 0.6) is 0 Å². The molecular weight excluding hydrogens is 266 g/mol. The Balaban J connectivity index is 3.17. The van der Waals surface area contributed by atoms with E-state index in [2.05, 4.69) is 22.2 Å². The smallest absolute Gasteiger partial charge is 0.329 e. The van der Waals surface area contributed by atoms with Crippen LogP contribution in [0.15, 0.2) is 6.20 Å². The number of nitrogens with one attached hydrogen (secondary N) is 1. The topological polar surface area (TPSA) is 84.2 Å². The third kappa shape index (κ3) is 3.69. The molecule has 1 rings (SSSR count). The van der Waals surface area contributed by atoms with Crippen molar-refractivity contribution in [1.82, 2.24) is 9.97 Å². The molecule has 8 heteroatoms. The van der Waals surface area contributed by atoms with Gasteiger partial charge in [-0.2, -0.15) is 16.7 Å². The molecule has 0 aliphatic rings. The van der Waals surface area contributed by atoms with Gasteiger partial charge in [-0.25, -0.2) is 4.98 Å². The van der Waals surface area contributed by atoms with E-state index >= 15 is 0 Å². The van der Waals surface area contributed by atoms with Crippen LogP contribution in [0.3, 0.4) is 0 Å². The van der Waals surface area contributed by atoms with Gasteiger partial charge in [0.2, 0.25) is 11.8 Å². The second-order valence-electron chi connectivity index (χ2n) is 4.04. The van der Waals surface area contributed by atoms with E-state index in [-0.39, 0.29) is 11.7 Å². The van der Waals surface area contributed by atoms with Gasteiger partial charge in [0, 0.05) is 25.9 Å². The first-order chi connectivity index (χ1) is 9.04. The summed E-state index contributed by atoms with van der Waals surface area (Å²) < 4.78 is 0. The van der Waals surface area contributed by atoms with E-state index in [1.54, 1.807) is 18.8 Å². The third-order valence-corrected chi connectivity index (χ3v) is 3.60. The van der Waals surface area contributed by atoms with Crippen molar-refractivity contribution in [2.24, 2.45) is 0 Å². The van der Waals surface area contributed by atoms with E-state index in [1.807, 2.05) is 18.2 Å². The van der Waals surface area contributed by atoms with Crippen molar-refractivity contribution >= 4 is 29.2 Å². The van der Waals surface area contributed by atoms with E-state index in [0.717, 1.165) is 12.2 Å². The van der Waals surface area contributed by atoms with Crippen molar-refractivity contribution in [3.05, 3.63) is 16.3 Å². The molecule has 1 atom stereocenters. The lowest BCUT2D eigenvalue weighted by Crippen LogP contribution is -2.34. The predicted molar refractivity (Wildman–Crippen MR) is 79.1 cm³/mol. The lowest BCUT2D eigenvalue weighted by atomic mass is 10.2. The van der Waals surface area contributed by atoms with Gasteiger partial charge in [0.15, 0.2) is 0 Å². The van der Waals surface area contributed by atoms with Crippen LogP contribution < -0.4 is 10.2 Å². The first kappa shape index (κ1) is 15.5. The molecule has 0 fully saturated rings. The van der Waals surface area contributed by atoms with Gasteiger partial charge in [-0.3, -0.25) is 10.1 Å². The highest BCUT2D eigenvalue weighted by molar-refractivity contribution is 7.98. The molecule has 7 nitrogen and oxygen atoms in total. The Morgan fingerprint density at radius 2 is 2.32 bits per heavy atom. The number of hydrogen-bond donors (Lipinski definition) is 1. The molecule has 0 aromatic carbocycles. The first-order valence-electron chi connectivity index (χ1n) is 5.96. The lowest BCUT2D eigenvalue weighted by Gasteiger charge is -2.27. The number of nitrogens with zero attached hydrogens (tertiary/aromatic N) is 4. The summed E-state index contributed by atoms with van der Waals surface area (Å²) >= 11 is 1.71. The number of thioether (sulfide) groups is 1. The normalized spacial score (nSPS) is 12.0. The molecule has 106 valence electrons. The summed E-state index contributed by atoms with van der Waals surface area (Å²) in [5, 5.41) is 13.9. The van der Waals surface area contributed by atoms with E-state index in [9.17, 15) is 10.1 Å². The fraction of sp³-hybridized carbons (Fsp3) is 0.636. The average Bonchev–Trinajstić information content (AvgIpc) is 2.43. The third-order valence-electron chi connectivity index (χ3n) is 2.88. The molecule has 0 aliphatic heterocycles. The Morgan fingerprint density at radius 1 is 1.63 bits per heavy atom. The van der Waals surface area contributed by atoms with Gasteiger partial charge >= 0.3 is 5.69 Å². The molecule has 1 aromatic rings. The fourth-order valence-corrected chi connectivity index (χ4v) is 2.59. The fourth-order valence-electron chi connectivity index (χ4n) is 1.74. The summed E-state index contributed by atoms with van der Waals surface area (Å²) in [6.07, 6.45) is 4.16. The molecule has 0 spiro atoms. The van der Waals surface area contributed by atoms with Gasteiger partial charge in [-0.15, -0.1) is 0 Å². The molecule has 0 amide bonds. The molecule has 0 bridgehead atoms. The summed E-state index contributed by atoms with van der Waals surface area (Å²) in [5.74, 6) is 1.62. The molecule has 1 N–H and O–H groups in total. The van der Waals surface area contributed by atoms with Crippen molar-refractivity contribution in [1.29, 1.82) is 0 Å². The Bertz CT molecular complexity index is 443. The summed E-state index contributed by atoms with van der Waals surface area (Å²) in [6, 6.07) is 0.202. The van der Waals surface area contributed by atoms with Crippen LogP contribution in [0, 0.1) is 10.1 Å². The molecule has 0 saturated heterocycles. The zero-order valence-electron chi connectivity index (χ0n) is 11.6. The predicted octanol–water partition coefficient (Wildman–Crippen LogP) is 2.00. The molecule has 1 heterocycles. The second kappa shape index (κ2) is 7.13. The quantitative estimate of drug-likeness (QED) is 0.606. The highest BCUT2D eigenvalue weighted by Gasteiger charge is 2.24. The van der Waals surface area contributed by atoms with Crippen molar-refractivity contribution in [3.8, 4) is 0 Å². The zero-order chi connectivity index (χ0) is 14.4. The second-order valence-corrected chi connectivity index (χ2v) is 4.95. The van der Waals surface area contributed by atoms with Crippen molar-refractivity contribution in [2.75, 3.05) is 36.3 Å². The number of rotatable bonds is 7. The van der Waals surface area contributed by atoms with Crippen LogP contribution in [-0.4, -0.2) is 47.0 Å². The zero-order valence-corrected chi connectivity index (χ0v) is 12.4. The van der Waals surface area contributed by atoms with Gasteiger partial charge in [0.1, 0.15) is 6.20 Å². The standard InChI is InChI=1S/C11H19N5O2S/c1-5-8(7-19-4)15(3)10-9(16(17)18)6-13-11(12-2)14-10/h6,8H,5,7H2,1-4H3,(H,12,13,14). The largest absolute Gasteiger partial charge is 0.357 e.